The zero-order chi connectivity index (χ0) is 12.5. The van der Waals surface area contributed by atoms with Gasteiger partial charge in [-0.15, -0.1) is 0 Å². The second-order valence-corrected chi connectivity index (χ2v) is 4.28. The van der Waals surface area contributed by atoms with Gasteiger partial charge in [-0.2, -0.15) is 18.3 Å². The molecule has 1 atom stereocenters. The zero-order valence-electron chi connectivity index (χ0n) is 9.30. The molecule has 0 aliphatic carbocycles. The van der Waals surface area contributed by atoms with Gasteiger partial charge in [0.25, 0.3) is 0 Å². The van der Waals surface area contributed by atoms with E-state index in [4.69, 9.17) is 5.73 Å². The molecular formula is C10H15F3N4. The lowest BCUT2D eigenvalue weighted by molar-refractivity contribution is -0.141. The summed E-state index contributed by atoms with van der Waals surface area (Å²) in [6.45, 7) is 1.29. The summed E-state index contributed by atoms with van der Waals surface area (Å²) in [6, 6.07) is 1.04. The van der Waals surface area contributed by atoms with Gasteiger partial charge in [0, 0.05) is 12.1 Å². The van der Waals surface area contributed by atoms with E-state index in [0.717, 1.165) is 31.9 Å². The number of hydrogen-bond donors (Lipinski definition) is 2. The summed E-state index contributed by atoms with van der Waals surface area (Å²) in [5.74, 6) is 0.0599. The third-order valence-corrected chi connectivity index (χ3v) is 2.91. The van der Waals surface area contributed by atoms with E-state index < -0.39 is 11.9 Å². The Balaban J connectivity index is 2.07. The Kier molecular flexibility index (Phi) is 3.28. The highest BCUT2D eigenvalue weighted by molar-refractivity contribution is 5.32. The normalized spacial score (nSPS) is 21.7. The molecular weight excluding hydrogens is 233 g/mol. The fourth-order valence-electron chi connectivity index (χ4n) is 2.00. The van der Waals surface area contributed by atoms with E-state index in [1.165, 1.54) is 4.68 Å². The molecule has 1 saturated heterocycles. The summed E-state index contributed by atoms with van der Waals surface area (Å²) < 4.78 is 38.5. The molecule has 1 fully saturated rings. The maximum absolute atomic E-state index is 12.4. The molecule has 2 rings (SSSR count). The van der Waals surface area contributed by atoms with Crippen molar-refractivity contribution < 1.29 is 13.2 Å². The first kappa shape index (κ1) is 12.2. The van der Waals surface area contributed by atoms with E-state index in [0.29, 0.717) is 6.54 Å². The number of nitrogens with one attached hydrogen (secondary N) is 1. The highest BCUT2D eigenvalue weighted by Gasteiger charge is 2.34. The monoisotopic (exact) mass is 248 g/mol. The van der Waals surface area contributed by atoms with E-state index >= 15 is 0 Å². The van der Waals surface area contributed by atoms with Crippen LogP contribution in [0.1, 0.15) is 25.0 Å². The number of nitrogens with zero attached hydrogens (tertiary/aromatic N) is 2. The van der Waals surface area contributed by atoms with Crippen molar-refractivity contribution in [1.29, 1.82) is 0 Å². The van der Waals surface area contributed by atoms with Gasteiger partial charge in [0.15, 0.2) is 5.69 Å². The maximum atomic E-state index is 12.4. The predicted molar refractivity (Wildman–Crippen MR) is 57.3 cm³/mol. The summed E-state index contributed by atoms with van der Waals surface area (Å²) in [5, 5.41) is 6.75. The Morgan fingerprint density at radius 1 is 1.47 bits per heavy atom. The van der Waals surface area contributed by atoms with Crippen molar-refractivity contribution in [3.63, 3.8) is 0 Å². The molecule has 0 aromatic carbocycles. The molecule has 0 saturated carbocycles. The van der Waals surface area contributed by atoms with Crippen molar-refractivity contribution in [2.24, 2.45) is 0 Å². The second kappa shape index (κ2) is 4.56. The number of alkyl halides is 3. The van der Waals surface area contributed by atoms with Crippen LogP contribution in [0.3, 0.4) is 0 Å². The summed E-state index contributed by atoms with van der Waals surface area (Å²) >= 11 is 0. The molecule has 1 aliphatic heterocycles. The summed E-state index contributed by atoms with van der Waals surface area (Å²) in [4.78, 5) is 0. The fourth-order valence-corrected chi connectivity index (χ4v) is 2.00. The first-order valence-electron chi connectivity index (χ1n) is 5.61. The number of aromatic nitrogens is 2. The van der Waals surface area contributed by atoms with Crippen molar-refractivity contribution in [3.05, 3.63) is 11.8 Å². The fraction of sp³-hybridized carbons (Fsp3) is 0.700. The van der Waals surface area contributed by atoms with Gasteiger partial charge >= 0.3 is 6.18 Å². The van der Waals surface area contributed by atoms with Crippen molar-refractivity contribution in [3.8, 4) is 0 Å². The molecule has 0 radical (unpaired) electrons. The highest BCUT2D eigenvalue weighted by atomic mass is 19.4. The van der Waals surface area contributed by atoms with Gasteiger partial charge in [-0.25, -0.2) is 4.68 Å². The standard InChI is InChI=1S/C10H15F3N4/c11-10(12,13)8-5-9(14)17(16-8)6-7-3-1-2-4-15-7/h5,7,15H,1-4,6,14H2. The van der Waals surface area contributed by atoms with Gasteiger partial charge < -0.3 is 11.1 Å². The minimum Gasteiger partial charge on any atom is -0.384 e. The van der Waals surface area contributed by atoms with Crippen molar-refractivity contribution in [2.45, 2.75) is 38.0 Å². The molecule has 4 nitrogen and oxygen atoms in total. The minimum absolute atomic E-state index is 0.0599. The Bertz CT molecular complexity index is 379. The Morgan fingerprint density at radius 3 is 2.76 bits per heavy atom. The maximum Gasteiger partial charge on any atom is 0.435 e. The average molecular weight is 248 g/mol. The van der Waals surface area contributed by atoms with Crippen LogP contribution in [0, 0.1) is 0 Å². The lowest BCUT2D eigenvalue weighted by atomic mass is 10.1. The van der Waals surface area contributed by atoms with E-state index in [1.54, 1.807) is 0 Å². The van der Waals surface area contributed by atoms with Gasteiger partial charge in [-0.05, 0) is 19.4 Å². The smallest absolute Gasteiger partial charge is 0.384 e. The van der Waals surface area contributed by atoms with Crippen LogP contribution in [0.15, 0.2) is 6.07 Å². The predicted octanol–water partition coefficient (Wildman–Crippen LogP) is 1.63. The highest BCUT2D eigenvalue weighted by Crippen LogP contribution is 2.29. The molecule has 2 heterocycles. The third kappa shape index (κ3) is 2.91. The van der Waals surface area contributed by atoms with Crippen LogP contribution in [0.25, 0.3) is 0 Å². The molecule has 17 heavy (non-hydrogen) atoms. The van der Waals surface area contributed by atoms with Crippen LogP contribution < -0.4 is 11.1 Å². The van der Waals surface area contributed by atoms with Crippen molar-refractivity contribution in [1.82, 2.24) is 15.1 Å². The lowest BCUT2D eigenvalue weighted by Crippen LogP contribution is -2.37. The molecule has 96 valence electrons. The van der Waals surface area contributed by atoms with Crippen molar-refractivity contribution >= 4 is 5.82 Å². The number of hydrogen-bond acceptors (Lipinski definition) is 3. The first-order chi connectivity index (χ1) is 7.97. The topological polar surface area (TPSA) is 55.9 Å². The van der Waals surface area contributed by atoms with Crippen LogP contribution in [-0.2, 0) is 12.7 Å². The minimum atomic E-state index is -4.43. The Morgan fingerprint density at radius 2 is 2.24 bits per heavy atom. The van der Waals surface area contributed by atoms with Gasteiger partial charge in [0.05, 0.1) is 6.54 Å². The largest absolute Gasteiger partial charge is 0.435 e. The molecule has 1 unspecified atom stereocenters. The van der Waals surface area contributed by atoms with Crippen LogP contribution in [-0.4, -0.2) is 22.4 Å². The molecule has 1 aromatic heterocycles. The Labute approximate surface area is 97.0 Å². The molecule has 0 bridgehead atoms. The molecule has 1 aliphatic rings. The van der Waals surface area contributed by atoms with Gasteiger partial charge in [0.1, 0.15) is 5.82 Å². The number of anilines is 1. The summed E-state index contributed by atoms with van der Waals surface area (Å²) in [5.41, 5.74) is 4.60. The molecule has 0 amide bonds. The number of piperidine rings is 1. The van der Waals surface area contributed by atoms with Crippen LogP contribution in [0.2, 0.25) is 0 Å². The number of halogens is 3. The SMILES string of the molecule is Nc1cc(C(F)(F)F)nn1CC1CCCCN1. The van der Waals surface area contributed by atoms with Crippen molar-refractivity contribution in [2.75, 3.05) is 12.3 Å². The van der Waals surface area contributed by atoms with E-state index in [-0.39, 0.29) is 11.9 Å². The second-order valence-electron chi connectivity index (χ2n) is 4.28. The quantitative estimate of drug-likeness (QED) is 0.836. The Hall–Kier alpha value is -1.24. The van der Waals surface area contributed by atoms with Gasteiger partial charge in [0.2, 0.25) is 0 Å². The van der Waals surface area contributed by atoms with Gasteiger partial charge in [-0.3, -0.25) is 0 Å². The zero-order valence-corrected chi connectivity index (χ0v) is 9.30. The average Bonchev–Trinajstić information content (AvgIpc) is 2.62. The molecule has 1 aromatic rings. The third-order valence-electron chi connectivity index (χ3n) is 2.91. The lowest BCUT2D eigenvalue weighted by Gasteiger charge is -2.23. The van der Waals surface area contributed by atoms with E-state index in [1.807, 2.05) is 0 Å². The van der Waals surface area contributed by atoms with Crippen LogP contribution in [0.4, 0.5) is 19.0 Å². The van der Waals surface area contributed by atoms with Crippen LogP contribution in [0.5, 0.6) is 0 Å². The summed E-state index contributed by atoms with van der Waals surface area (Å²) in [6.07, 6.45) is -1.29. The molecule has 0 spiro atoms. The van der Waals surface area contributed by atoms with Crippen LogP contribution >= 0.6 is 0 Å². The van der Waals surface area contributed by atoms with Gasteiger partial charge in [-0.1, -0.05) is 6.42 Å². The number of nitrogen functional groups attached to an aromatic ring is 1. The summed E-state index contributed by atoms with van der Waals surface area (Å²) in [7, 11) is 0. The number of rotatable bonds is 2. The molecule has 7 heteroatoms. The first-order valence-corrected chi connectivity index (χ1v) is 5.61. The van der Waals surface area contributed by atoms with E-state index in [9.17, 15) is 13.2 Å². The van der Waals surface area contributed by atoms with E-state index in [2.05, 4.69) is 10.4 Å². The number of nitrogens with two attached hydrogens (primary N) is 1. The molecule has 3 N–H and O–H groups in total.